The standard InChI is InChI=1S/C12H25N3/c1-14(12-5-6-13-11-12)7-4-10-15-8-2-3-9-15/h12-13H,2-11H2,1H3. The molecule has 0 aromatic rings. The van der Waals surface area contributed by atoms with E-state index in [0.717, 1.165) is 6.04 Å². The van der Waals surface area contributed by atoms with Crippen molar-refractivity contribution in [2.45, 2.75) is 31.7 Å². The van der Waals surface area contributed by atoms with Crippen LogP contribution in [0.2, 0.25) is 0 Å². The average molecular weight is 211 g/mol. The molecule has 88 valence electrons. The summed E-state index contributed by atoms with van der Waals surface area (Å²) in [6.45, 7) is 7.66. The fourth-order valence-electron chi connectivity index (χ4n) is 2.75. The zero-order valence-corrected chi connectivity index (χ0v) is 10.0. The van der Waals surface area contributed by atoms with Crippen LogP contribution in [0.1, 0.15) is 25.7 Å². The topological polar surface area (TPSA) is 18.5 Å². The van der Waals surface area contributed by atoms with Crippen molar-refractivity contribution in [3.8, 4) is 0 Å². The summed E-state index contributed by atoms with van der Waals surface area (Å²) in [7, 11) is 2.28. The summed E-state index contributed by atoms with van der Waals surface area (Å²) in [6, 6.07) is 0.795. The maximum absolute atomic E-state index is 3.43. The van der Waals surface area contributed by atoms with E-state index < -0.39 is 0 Å². The Morgan fingerprint density at radius 2 is 2.13 bits per heavy atom. The predicted molar refractivity (Wildman–Crippen MR) is 64.2 cm³/mol. The number of hydrogen-bond acceptors (Lipinski definition) is 3. The zero-order valence-electron chi connectivity index (χ0n) is 10.0. The van der Waals surface area contributed by atoms with Gasteiger partial charge in [0.15, 0.2) is 0 Å². The van der Waals surface area contributed by atoms with Gasteiger partial charge in [0.1, 0.15) is 0 Å². The molecular weight excluding hydrogens is 186 g/mol. The largest absolute Gasteiger partial charge is 0.315 e. The second-order valence-electron chi connectivity index (χ2n) is 5.03. The second kappa shape index (κ2) is 5.83. The smallest absolute Gasteiger partial charge is 0.0229 e. The van der Waals surface area contributed by atoms with Crippen molar-refractivity contribution in [3.63, 3.8) is 0 Å². The van der Waals surface area contributed by atoms with Gasteiger partial charge in [-0.3, -0.25) is 0 Å². The third kappa shape index (κ3) is 3.44. The van der Waals surface area contributed by atoms with E-state index in [1.54, 1.807) is 0 Å². The molecule has 2 heterocycles. The van der Waals surface area contributed by atoms with Crippen LogP contribution < -0.4 is 5.32 Å². The predicted octanol–water partition coefficient (Wildman–Crippen LogP) is 0.766. The molecule has 0 aromatic heterocycles. The Bertz CT molecular complexity index is 172. The molecule has 1 atom stereocenters. The maximum atomic E-state index is 3.43. The van der Waals surface area contributed by atoms with Crippen molar-refractivity contribution in [1.29, 1.82) is 0 Å². The molecule has 1 unspecified atom stereocenters. The van der Waals surface area contributed by atoms with Crippen molar-refractivity contribution >= 4 is 0 Å². The molecule has 2 aliphatic heterocycles. The van der Waals surface area contributed by atoms with Crippen LogP contribution in [0.25, 0.3) is 0 Å². The summed E-state index contributed by atoms with van der Waals surface area (Å²) >= 11 is 0. The highest BCUT2D eigenvalue weighted by atomic mass is 15.2. The molecule has 0 aromatic carbocycles. The first kappa shape index (κ1) is 11.4. The molecule has 0 radical (unpaired) electrons. The lowest BCUT2D eigenvalue weighted by Crippen LogP contribution is -2.35. The van der Waals surface area contributed by atoms with Gasteiger partial charge in [-0.25, -0.2) is 0 Å². The van der Waals surface area contributed by atoms with E-state index >= 15 is 0 Å². The van der Waals surface area contributed by atoms with Gasteiger partial charge >= 0.3 is 0 Å². The SMILES string of the molecule is CN(CCCN1CCCC1)C1CCNC1. The minimum Gasteiger partial charge on any atom is -0.315 e. The number of likely N-dealkylation sites (N-methyl/N-ethyl adjacent to an activating group) is 1. The second-order valence-corrected chi connectivity index (χ2v) is 5.03. The number of nitrogens with one attached hydrogen (secondary N) is 1. The minimum absolute atomic E-state index is 0.795. The van der Waals surface area contributed by atoms with Crippen LogP contribution >= 0.6 is 0 Å². The summed E-state index contributed by atoms with van der Waals surface area (Å²) in [5.41, 5.74) is 0. The van der Waals surface area contributed by atoms with Gasteiger partial charge < -0.3 is 15.1 Å². The molecule has 1 N–H and O–H groups in total. The van der Waals surface area contributed by atoms with Gasteiger partial charge in [0.05, 0.1) is 0 Å². The molecule has 0 aliphatic carbocycles. The van der Waals surface area contributed by atoms with Gasteiger partial charge in [-0.2, -0.15) is 0 Å². The third-order valence-corrected chi connectivity index (χ3v) is 3.84. The van der Waals surface area contributed by atoms with Crippen molar-refractivity contribution in [1.82, 2.24) is 15.1 Å². The normalized spacial score (nSPS) is 28.0. The molecule has 2 aliphatic rings. The number of nitrogens with zero attached hydrogens (tertiary/aromatic N) is 2. The number of hydrogen-bond donors (Lipinski definition) is 1. The first-order chi connectivity index (χ1) is 7.36. The Hall–Kier alpha value is -0.120. The van der Waals surface area contributed by atoms with Gasteiger partial charge in [-0.05, 0) is 65.5 Å². The molecular formula is C12H25N3. The van der Waals surface area contributed by atoms with Crippen LogP contribution in [0.3, 0.4) is 0 Å². The van der Waals surface area contributed by atoms with Crippen molar-refractivity contribution in [3.05, 3.63) is 0 Å². The first-order valence-corrected chi connectivity index (χ1v) is 6.49. The molecule has 2 saturated heterocycles. The average Bonchev–Trinajstić information content (AvgIpc) is 2.90. The van der Waals surface area contributed by atoms with Gasteiger partial charge in [0.25, 0.3) is 0 Å². The fourth-order valence-corrected chi connectivity index (χ4v) is 2.75. The van der Waals surface area contributed by atoms with Gasteiger partial charge in [0.2, 0.25) is 0 Å². The Kier molecular flexibility index (Phi) is 4.42. The summed E-state index contributed by atoms with van der Waals surface area (Å²) in [6.07, 6.45) is 5.51. The van der Waals surface area contributed by atoms with Crippen LogP contribution in [0.15, 0.2) is 0 Å². The van der Waals surface area contributed by atoms with Crippen LogP contribution in [0.4, 0.5) is 0 Å². The molecule has 2 rings (SSSR count). The van der Waals surface area contributed by atoms with Crippen molar-refractivity contribution in [2.75, 3.05) is 46.3 Å². The van der Waals surface area contributed by atoms with Gasteiger partial charge in [-0.1, -0.05) is 0 Å². The quantitative estimate of drug-likeness (QED) is 0.724. The number of likely N-dealkylation sites (tertiary alicyclic amines) is 1. The maximum Gasteiger partial charge on any atom is 0.0229 e. The lowest BCUT2D eigenvalue weighted by atomic mass is 10.2. The Morgan fingerprint density at radius 1 is 1.33 bits per heavy atom. The minimum atomic E-state index is 0.795. The van der Waals surface area contributed by atoms with Crippen LogP contribution in [-0.4, -0.2) is 62.2 Å². The van der Waals surface area contributed by atoms with Crippen molar-refractivity contribution in [2.24, 2.45) is 0 Å². The Morgan fingerprint density at radius 3 is 2.80 bits per heavy atom. The van der Waals surface area contributed by atoms with E-state index in [2.05, 4.69) is 22.2 Å². The van der Waals surface area contributed by atoms with E-state index in [0.29, 0.717) is 0 Å². The zero-order chi connectivity index (χ0) is 10.5. The van der Waals surface area contributed by atoms with Crippen LogP contribution in [0, 0.1) is 0 Å². The van der Waals surface area contributed by atoms with Crippen LogP contribution in [0.5, 0.6) is 0 Å². The highest BCUT2D eigenvalue weighted by Crippen LogP contribution is 2.09. The van der Waals surface area contributed by atoms with E-state index in [1.165, 1.54) is 65.0 Å². The number of rotatable bonds is 5. The summed E-state index contributed by atoms with van der Waals surface area (Å²) in [5, 5.41) is 3.43. The molecule has 3 nitrogen and oxygen atoms in total. The summed E-state index contributed by atoms with van der Waals surface area (Å²) < 4.78 is 0. The van der Waals surface area contributed by atoms with E-state index in [1.807, 2.05) is 0 Å². The Balaban J connectivity index is 1.56. The summed E-state index contributed by atoms with van der Waals surface area (Å²) in [5.74, 6) is 0. The Labute approximate surface area is 93.8 Å². The molecule has 15 heavy (non-hydrogen) atoms. The molecule has 0 amide bonds. The molecule has 0 spiro atoms. The lowest BCUT2D eigenvalue weighted by Gasteiger charge is -2.24. The van der Waals surface area contributed by atoms with Crippen LogP contribution in [-0.2, 0) is 0 Å². The highest BCUT2D eigenvalue weighted by molar-refractivity contribution is 4.78. The molecule has 0 bridgehead atoms. The highest BCUT2D eigenvalue weighted by Gasteiger charge is 2.19. The monoisotopic (exact) mass is 211 g/mol. The first-order valence-electron chi connectivity index (χ1n) is 6.49. The lowest BCUT2D eigenvalue weighted by molar-refractivity contribution is 0.233. The van der Waals surface area contributed by atoms with Gasteiger partial charge in [-0.15, -0.1) is 0 Å². The third-order valence-electron chi connectivity index (χ3n) is 3.84. The fraction of sp³-hybridized carbons (Fsp3) is 1.00. The molecule has 2 fully saturated rings. The molecule has 0 saturated carbocycles. The van der Waals surface area contributed by atoms with E-state index in [9.17, 15) is 0 Å². The van der Waals surface area contributed by atoms with Crippen molar-refractivity contribution < 1.29 is 0 Å². The van der Waals surface area contributed by atoms with E-state index in [4.69, 9.17) is 0 Å². The molecule has 3 heteroatoms. The summed E-state index contributed by atoms with van der Waals surface area (Å²) in [4.78, 5) is 5.15. The van der Waals surface area contributed by atoms with E-state index in [-0.39, 0.29) is 0 Å². The van der Waals surface area contributed by atoms with Gasteiger partial charge in [0, 0.05) is 12.6 Å².